The quantitative estimate of drug-likeness (QED) is 0.739. The van der Waals surface area contributed by atoms with Gasteiger partial charge in [0.05, 0.1) is 12.5 Å². The van der Waals surface area contributed by atoms with Gasteiger partial charge >= 0.3 is 5.97 Å². The van der Waals surface area contributed by atoms with E-state index in [4.69, 9.17) is 4.74 Å². The molecule has 0 aromatic carbocycles. The van der Waals surface area contributed by atoms with Crippen molar-refractivity contribution in [1.29, 1.82) is 0 Å². The lowest BCUT2D eigenvalue weighted by Crippen LogP contribution is -2.40. The van der Waals surface area contributed by atoms with Crippen molar-refractivity contribution in [2.24, 2.45) is 23.7 Å². The van der Waals surface area contributed by atoms with Gasteiger partial charge in [0.1, 0.15) is 0 Å². The average Bonchev–Trinajstić information content (AvgIpc) is 2.97. The first-order valence-electron chi connectivity index (χ1n) is 7.51. The molecule has 0 aliphatic heterocycles. The van der Waals surface area contributed by atoms with E-state index in [0.29, 0.717) is 12.6 Å². The molecule has 18 heavy (non-hydrogen) atoms. The molecule has 0 spiro atoms. The SMILES string of the molecule is CCOC(=O)C(C)CNC(C)C1CC2CCC1C2. The Morgan fingerprint density at radius 3 is 2.67 bits per heavy atom. The van der Waals surface area contributed by atoms with Crippen LogP contribution in [0, 0.1) is 23.7 Å². The van der Waals surface area contributed by atoms with Crippen molar-refractivity contribution in [3.8, 4) is 0 Å². The van der Waals surface area contributed by atoms with Crippen molar-refractivity contribution in [1.82, 2.24) is 5.32 Å². The van der Waals surface area contributed by atoms with Gasteiger partial charge in [0.25, 0.3) is 0 Å². The van der Waals surface area contributed by atoms with E-state index < -0.39 is 0 Å². The van der Waals surface area contributed by atoms with E-state index in [2.05, 4.69) is 12.2 Å². The number of hydrogen-bond acceptors (Lipinski definition) is 3. The van der Waals surface area contributed by atoms with Crippen molar-refractivity contribution < 1.29 is 9.53 Å². The lowest BCUT2D eigenvalue weighted by Gasteiger charge is -2.29. The predicted molar refractivity (Wildman–Crippen MR) is 72.2 cm³/mol. The summed E-state index contributed by atoms with van der Waals surface area (Å²) >= 11 is 0. The number of carbonyl (C=O) groups excluding carboxylic acids is 1. The second-order valence-electron chi connectivity index (χ2n) is 6.19. The van der Waals surface area contributed by atoms with Crippen LogP contribution >= 0.6 is 0 Å². The Morgan fingerprint density at radius 1 is 1.33 bits per heavy atom. The van der Waals surface area contributed by atoms with Crippen molar-refractivity contribution >= 4 is 5.97 Å². The Hall–Kier alpha value is -0.570. The fraction of sp³-hybridized carbons (Fsp3) is 0.933. The smallest absolute Gasteiger partial charge is 0.309 e. The van der Waals surface area contributed by atoms with Crippen molar-refractivity contribution in [2.45, 2.75) is 52.5 Å². The van der Waals surface area contributed by atoms with Crippen molar-refractivity contribution in [2.75, 3.05) is 13.2 Å². The van der Waals surface area contributed by atoms with E-state index in [1.54, 1.807) is 0 Å². The van der Waals surface area contributed by atoms with Gasteiger partial charge in [-0.25, -0.2) is 0 Å². The lowest BCUT2D eigenvalue weighted by atomic mass is 9.84. The molecule has 2 fully saturated rings. The third-order valence-corrected chi connectivity index (χ3v) is 4.87. The Balaban J connectivity index is 1.71. The van der Waals surface area contributed by atoms with Gasteiger partial charge < -0.3 is 10.1 Å². The van der Waals surface area contributed by atoms with Gasteiger partial charge in [-0.3, -0.25) is 4.79 Å². The van der Waals surface area contributed by atoms with Gasteiger partial charge in [0, 0.05) is 12.6 Å². The summed E-state index contributed by atoms with van der Waals surface area (Å²) in [5.74, 6) is 2.65. The predicted octanol–water partition coefficient (Wildman–Crippen LogP) is 2.60. The molecule has 104 valence electrons. The van der Waals surface area contributed by atoms with Crippen LogP contribution in [0.4, 0.5) is 0 Å². The Labute approximate surface area is 111 Å². The highest BCUT2D eigenvalue weighted by molar-refractivity contribution is 5.72. The van der Waals surface area contributed by atoms with Crippen LogP contribution in [-0.2, 0) is 9.53 Å². The summed E-state index contributed by atoms with van der Waals surface area (Å²) in [7, 11) is 0. The maximum absolute atomic E-state index is 11.5. The summed E-state index contributed by atoms with van der Waals surface area (Å²) in [4.78, 5) is 11.5. The van der Waals surface area contributed by atoms with E-state index in [9.17, 15) is 4.79 Å². The van der Waals surface area contributed by atoms with Gasteiger partial charge in [-0.2, -0.15) is 0 Å². The standard InChI is InChI=1S/C15H27NO2/c1-4-18-15(17)10(2)9-16-11(3)14-8-12-5-6-13(14)7-12/h10-14,16H,4-9H2,1-3H3. The summed E-state index contributed by atoms with van der Waals surface area (Å²) in [6, 6.07) is 0.539. The Bertz CT molecular complexity index is 292. The molecule has 2 aliphatic rings. The number of hydrogen-bond donors (Lipinski definition) is 1. The molecule has 3 heteroatoms. The molecular formula is C15H27NO2. The first-order chi connectivity index (χ1) is 8.61. The number of carbonyl (C=O) groups is 1. The number of nitrogens with one attached hydrogen (secondary N) is 1. The van der Waals surface area contributed by atoms with Crippen molar-refractivity contribution in [3.63, 3.8) is 0 Å². The first-order valence-corrected chi connectivity index (χ1v) is 7.51. The fourth-order valence-corrected chi connectivity index (χ4v) is 3.79. The summed E-state index contributed by atoms with van der Waals surface area (Å²) in [5.41, 5.74) is 0. The van der Waals surface area contributed by atoms with Gasteiger partial charge in [-0.05, 0) is 50.9 Å². The van der Waals surface area contributed by atoms with E-state index >= 15 is 0 Å². The molecule has 0 aromatic heterocycles. The highest BCUT2D eigenvalue weighted by Gasteiger charge is 2.41. The molecule has 0 radical (unpaired) electrons. The zero-order chi connectivity index (χ0) is 13.1. The molecule has 5 atom stereocenters. The molecule has 2 saturated carbocycles. The summed E-state index contributed by atoms with van der Waals surface area (Å²) in [6.45, 7) is 7.30. The molecule has 1 N–H and O–H groups in total. The lowest BCUT2D eigenvalue weighted by molar-refractivity contribution is -0.147. The molecule has 2 bridgehead atoms. The monoisotopic (exact) mass is 253 g/mol. The van der Waals surface area contributed by atoms with Gasteiger partial charge in [-0.1, -0.05) is 13.3 Å². The molecule has 3 nitrogen and oxygen atoms in total. The van der Waals surface area contributed by atoms with Crippen LogP contribution in [0.3, 0.4) is 0 Å². The number of esters is 1. The van der Waals surface area contributed by atoms with Gasteiger partial charge in [0.15, 0.2) is 0 Å². The molecule has 0 saturated heterocycles. The zero-order valence-corrected chi connectivity index (χ0v) is 11.9. The van der Waals surface area contributed by atoms with E-state index in [-0.39, 0.29) is 11.9 Å². The second-order valence-corrected chi connectivity index (χ2v) is 6.19. The molecule has 0 aromatic rings. The van der Waals surface area contributed by atoms with Gasteiger partial charge in [0.2, 0.25) is 0 Å². The minimum absolute atomic E-state index is 0.0361. The summed E-state index contributed by atoms with van der Waals surface area (Å²) in [6.07, 6.45) is 5.72. The highest BCUT2D eigenvalue weighted by atomic mass is 16.5. The van der Waals surface area contributed by atoms with Crippen LogP contribution in [0.1, 0.15) is 46.5 Å². The van der Waals surface area contributed by atoms with Crippen LogP contribution in [-0.4, -0.2) is 25.2 Å². The second kappa shape index (κ2) is 6.05. The number of fused-ring (bicyclic) bond motifs is 2. The minimum Gasteiger partial charge on any atom is -0.466 e. The maximum Gasteiger partial charge on any atom is 0.309 e. The Kier molecular flexibility index (Phi) is 4.66. The third kappa shape index (κ3) is 3.05. The molecule has 5 unspecified atom stereocenters. The van der Waals surface area contributed by atoms with Crippen LogP contribution in [0.25, 0.3) is 0 Å². The van der Waals surface area contributed by atoms with Crippen LogP contribution in [0.2, 0.25) is 0 Å². The summed E-state index contributed by atoms with van der Waals surface area (Å²) in [5, 5.41) is 3.55. The molecule has 0 amide bonds. The van der Waals surface area contributed by atoms with Gasteiger partial charge in [-0.15, -0.1) is 0 Å². The maximum atomic E-state index is 11.5. The summed E-state index contributed by atoms with van der Waals surface area (Å²) < 4.78 is 5.03. The largest absolute Gasteiger partial charge is 0.466 e. The highest BCUT2D eigenvalue weighted by Crippen LogP contribution is 2.49. The van der Waals surface area contributed by atoms with E-state index in [1.807, 2.05) is 13.8 Å². The molecule has 2 aliphatic carbocycles. The Morgan fingerprint density at radius 2 is 2.11 bits per heavy atom. The molecule has 0 heterocycles. The first kappa shape index (κ1) is 13.9. The zero-order valence-electron chi connectivity index (χ0n) is 11.9. The van der Waals surface area contributed by atoms with Crippen LogP contribution in [0.5, 0.6) is 0 Å². The molecular weight excluding hydrogens is 226 g/mol. The van der Waals surface area contributed by atoms with Crippen LogP contribution < -0.4 is 5.32 Å². The van der Waals surface area contributed by atoms with Crippen molar-refractivity contribution in [3.05, 3.63) is 0 Å². The normalized spacial score (nSPS) is 33.4. The third-order valence-electron chi connectivity index (χ3n) is 4.87. The van der Waals surface area contributed by atoms with E-state index in [0.717, 1.165) is 24.3 Å². The topological polar surface area (TPSA) is 38.3 Å². The molecule has 2 rings (SSSR count). The minimum atomic E-state index is -0.0786. The number of rotatable bonds is 6. The van der Waals surface area contributed by atoms with Crippen LogP contribution in [0.15, 0.2) is 0 Å². The fourth-order valence-electron chi connectivity index (χ4n) is 3.79. The van der Waals surface area contributed by atoms with E-state index in [1.165, 1.54) is 25.7 Å². The number of ether oxygens (including phenoxy) is 1. The average molecular weight is 253 g/mol.